The molecule has 7 heteroatoms. The Morgan fingerprint density at radius 2 is 1.96 bits per heavy atom. The number of benzene rings is 1. The molecule has 5 nitrogen and oxygen atoms in total. The minimum Gasteiger partial charge on any atom is -0.488 e. The van der Waals surface area contributed by atoms with Gasteiger partial charge >= 0.3 is 0 Å². The summed E-state index contributed by atoms with van der Waals surface area (Å²) in [4.78, 5) is 12.4. The first kappa shape index (κ1) is 16.1. The summed E-state index contributed by atoms with van der Waals surface area (Å²) >= 11 is 0. The standard InChI is InChI=1S/C18H19F2N3O2/c19-11-7-12(20)9-14(8-11)25-17-5-1-4-15(17)21-18(24)16-10-13-3-2-6-23(13)22-16/h7-10,15,17H,1-6H2,(H,21,24)/t15-,17+/m0/s1. The van der Waals surface area contributed by atoms with Gasteiger partial charge in [-0.3, -0.25) is 9.48 Å². The number of hydrogen-bond acceptors (Lipinski definition) is 3. The lowest BCUT2D eigenvalue weighted by Crippen LogP contribution is -2.42. The Labute approximate surface area is 144 Å². The van der Waals surface area contributed by atoms with Crippen LogP contribution < -0.4 is 10.1 Å². The molecule has 0 spiro atoms. The first-order chi connectivity index (χ1) is 12.1. The zero-order valence-corrected chi connectivity index (χ0v) is 13.7. The molecule has 25 heavy (non-hydrogen) atoms. The van der Waals surface area contributed by atoms with Gasteiger partial charge in [0.25, 0.3) is 5.91 Å². The molecule has 1 aliphatic heterocycles. The van der Waals surface area contributed by atoms with Crippen LogP contribution in [0.25, 0.3) is 0 Å². The lowest BCUT2D eigenvalue weighted by Gasteiger charge is -2.22. The third kappa shape index (κ3) is 3.36. The van der Waals surface area contributed by atoms with Crippen molar-refractivity contribution in [1.82, 2.24) is 15.1 Å². The minimum absolute atomic E-state index is 0.143. The van der Waals surface area contributed by atoms with E-state index in [1.807, 2.05) is 10.7 Å². The number of fused-ring (bicyclic) bond motifs is 1. The summed E-state index contributed by atoms with van der Waals surface area (Å²) in [7, 11) is 0. The Kier molecular flexibility index (Phi) is 4.15. The molecule has 2 aliphatic rings. The molecule has 1 aromatic carbocycles. The van der Waals surface area contributed by atoms with Crippen LogP contribution in [0.4, 0.5) is 8.78 Å². The van der Waals surface area contributed by atoms with E-state index in [4.69, 9.17) is 4.74 Å². The summed E-state index contributed by atoms with van der Waals surface area (Å²) in [5.41, 5.74) is 1.50. The number of amides is 1. The predicted molar refractivity (Wildman–Crippen MR) is 86.4 cm³/mol. The lowest BCUT2D eigenvalue weighted by molar-refractivity contribution is 0.0887. The highest BCUT2D eigenvalue weighted by Crippen LogP contribution is 2.26. The number of nitrogens with one attached hydrogen (secondary N) is 1. The van der Waals surface area contributed by atoms with Gasteiger partial charge in [-0.05, 0) is 38.2 Å². The Morgan fingerprint density at radius 1 is 1.16 bits per heavy atom. The molecule has 1 saturated carbocycles. The molecular weight excluding hydrogens is 328 g/mol. The highest BCUT2D eigenvalue weighted by atomic mass is 19.1. The van der Waals surface area contributed by atoms with Crippen LogP contribution in [-0.2, 0) is 13.0 Å². The molecule has 0 unspecified atom stereocenters. The van der Waals surface area contributed by atoms with Gasteiger partial charge in [0, 0.05) is 30.4 Å². The van der Waals surface area contributed by atoms with Crippen molar-refractivity contribution in [2.24, 2.45) is 0 Å². The van der Waals surface area contributed by atoms with E-state index in [1.54, 1.807) is 0 Å². The normalized spacial score (nSPS) is 22.0. The fourth-order valence-corrected chi connectivity index (χ4v) is 3.62. The molecular formula is C18H19F2N3O2. The van der Waals surface area contributed by atoms with Gasteiger partial charge in [0.1, 0.15) is 29.2 Å². The van der Waals surface area contributed by atoms with Gasteiger partial charge in [0.05, 0.1) is 6.04 Å². The van der Waals surface area contributed by atoms with Gasteiger partial charge in [-0.2, -0.15) is 5.10 Å². The van der Waals surface area contributed by atoms with Gasteiger partial charge in [0.15, 0.2) is 0 Å². The molecule has 1 fully saturated rings. The van der Waals surface area contributed by atoms with Crippen molar-refractivity contribution in [3.05, 3.63) is 47.3 Å². The zero-order chi connectivity index (χ0) is 17.4. The summed E-state index contributed by atoms with van der Waals surface area (Å²) < 4.78 is 34.2. The SMILES string of the molecule is O=C(N[C@H]1CCC[C@H]1Oc1cc(F)cc(F)c1)c1cc2n(n1)CCC2. The van der Waals surface area contributed by atoms with E-state index in [0.717, 1.165) is 62.5 Å². The molecule has 0 saturated heterocycles. The number of ether oxygens (including phenoxy) is 1. The molecule has 0 bridgehead atoms. The predicted octanol–water partition coefficient (Wildman–Crippen LogP) is 2.84. The fraction of sp³-hybridized carbons (Fsp3) is 0.444. The van der Waals surface area contributed by atoms with E-state index in [1.165, 1.54) is 0 Å². The number of carbonyl (C=O) groups is 1. The van der Waals surface area contributed by atoms with Crippen LogP contribution in [0.1, 0.15) is 41.9 Å². The molecule has 132 valence electrons. The van der Waals surface area contributed by atoms with Crippen LogP contribution >= 0.6 is 0 Å². The van der Waals surface area contributed by atoms with Gasteiger partial charge in [-0.25, -0.2) is 8.78 Å². The molecule has 4 rings (SSSR count). The Balaban J connectivity index is 1.43. The Morgan fingerprint density at radius 3 is 2.72 bits per heavy atom. The maximum absolute atomic E-state index is 13.3. The second kappa shape index (κ2) is 6.46. The summed E-state index contributed by atoms with van der Waals surface area (Å²) in [6.07, 6.45) is 4.07. The van der Waals surface area contributed by atoms with E-state index in [-0.39, 0.29) is 23.8 Å². The summed E-state index contributed by atoms with van der Waals surface area (Å²) in [6, 6.07) is 4.74. The molecule has 2 atom stereocenters. The van der Waals surface area contributed by atoms with Crippen LogP contribution in [0.2, 0.25) is 0 Å². The molecule has 1 aliphatic carbocycles. The number of rotatable bonds is 4. The van der Waals surface area contributed by atoms with E-state index in [9.17, 15) is 13.6 Å². The Hall–Kier alpha value is -2.44. The molecule has 1 amide bonds. The third-order valence-corrected chi connectivity index (χ3v) is 4.79. The molecule has 1 aromatic heterocycles. The van der Waals surface area contributed by atoms with Gasteiger partial charge in [-0.1, -0.05) is 0 Å². The number of aryl methyl sites for hydroxylation is 2. The first-order valence-corrected chi connectivity index (χ1v) is 8.59. The van der Waals surface area contributed by atoms with Crippen LogP contribution in [0.3, 0.4) is 0 Å². The molecule has 1 N–H and O–H groups in total. The second-order valence-corrected chi connectivity index (χ2v) is 6.62. The molecule has 2 aromatic rings. The summed E-state index contributed by atoms with van der Waals surface area (Å²) in [6.45, 7) is 0.850. The number of nitrogens with zero attached hydrogens (tertiary/aromatic N) is 2. The van der Waals surface area contributed by atoms with Gasteiger partial charge in [-0.15, -0.1) is 0 Å². The van der Waals surface area contributed by atoms with Crippen LogP contribution in [0, 0.1) is 11.6 Å². The number of aromatic nitrogens is 2. The van der Waals surface area contributed by atoms with E-state index in [2.05, 4.69) is 10.4 Å². The number of hydrogen-bond donors (Lipinski definition) is 1. The van der Waals surface area contributed by atoms with Crippen molar-refractivity contribution < 1.29 is 18.3 Å². The van der Waals surface area contributed by atoms with Crippen molar-refractivity contribution in [1.29, 1.82) is 0 Å². The van der Waals surface area contributed by atoms with Crippen molar-refractivity contribution in [3.63, 3.8) is 0 Å². The smallest absolute Gasteiger partial charge is 0.272 e. The second-order valence-electron chi connectivity index (χ2n) is 6.62. The van der Waals surface area contributed by atoms with Crippen molar-refractivity contribution in [2.75, 3.05) is 0 Å². The topological polar surface area (TPSA) is 56.1 Å². The fourth-order valence-electron chi connectivity index (χ4n) is 3.62. The zero-order valence-electron chi connectivity index (χ0n) is 13.7. The van der Waals surface area contributed by atoms with Crippen molar-refractivity contribution in [3.8, 4) is 5.75 Å². The van der Waals surface area contributed by atoms with Gasteiger partial charge < -0.3 is 10.1 Å². The summed E-state index contributed by atoms with van der Waals surface area (Å²) in [5, 5.41) is 7.29. The summed E-state index contributed by atoms with van der Waals surface area (Å²) in [5.74, 6) is -1.44. The van der Waals surface area contributed by atoms with Gasteiger partial charge in [0.2, 0.25) is 0 Å². The maximum Gasteiger partial charge on any atom is 0.272 e. The van der Waals surface area contributed by atoms with Crippen molar-refractivity contribution >= 4 is 5.91 Å². The highest BCUT2D eigenvalue weighted by molar-refractivity contribution is 5.92. The lowest BCUT2D eigenvalue weighted by atomic mass is 10.2. The quantitative estimate of drug-likeness (QED) is 0.925. The minimum atomic E-state index is -0.680. The highest BCUT2D eigenvalue weighted by Gasteiger charge is 2.31. The largest absolute Gasteiger partial charge is 0.488 e. The average Bonchev–Trinajstić information content (AvgIpc) is 3.22. The number of halogens is 2. The third-order valence-electron chi connectivity index (χ3n) is 4.79. The van der Waals surface area contributed by atoms with Crippen LogP contribution in [0.15, 0.2) is 24.3 Å². The maximum atomic E-state index is 13.3. The molecule has 0 radical (unpaired) electrons. The number of carbonyl (C=O) groups excluding carboxylic acids is 1. The van der Waals surface area contributed by atoms with Crippen molar-refractivity contribution in [2.45, 2.75) is 50.8 Å². The Bertz CT molecular complexity index is 764. The van der Waals surface area contributed by atoms with E-state index in [0.29, 0.717) is 5.69 Å². The van der Waals surface area contributed by atoms with Crippen LogP contribution in [0.5, 0.6) is 5.75 Å². The van der Waals surface area contributed by atoms with E-state index < -0.39 is 11.6 Å². The first-order valence-electron chi connectivity index (χ1n) is 8.59. The monoisotopic (exact) mass is 347 g/mol. The van der Waals surface area contributed by atoms with E-state index >= 15 is 0 Å². The molecule has 2 heterocycles. The average molecular weight is 347 g/mol. The van der Waals surface area contributed by atoms with Crippen LogP contribution in [-0.4, -0.2) is 27.8 Å².